The fraction of sp³-hybridized carbons (Fsp3) is 1.00. The lowest BCUT2D eigenvalue weighted by Crippen LogP contribution is -2.46. The van der Waals surface area contributed by atoms with Crippen LogP contribution in [0.1, 0.15) is 48.5 Å². The van der Waals surface area contributed by atoms with Gasteiger partial charge in [0.1, 0.15) is 14.0 Å². The van der Waals surface area contributed by atoms with Crippen LogP contribution in [0, 0.1) is 0 Å². The molecule has 1 atom stereocenters. The SMILES string of the molecule is [B]C(C)(N)OCC(C)(C)OC(COC(C)C)COC(C)C. The maximum absolute atomic E-state index is 6.05. The number of nitrogens with two attached hydrogens (primary N) is 1. The van der Waals surface area contributed by atoms with Gasteiger partial charge in [0.15, 0.2) is 0 Å². The highest BCUT2D eigenvalue weighted by atomic mass is 16.6. The lowest BCUT2D eigenvalue weighted by Gasteiger charge is -2.34. The van der Waals surface area contributed by atoms with E-state index >= 15 is 0 Å². The Morgan fingerprint density at radius 3 is 1.71 bits per heavy atom. The van der Waals surface area contributed by atoms with Crippen molar-refractivity contribution in [1.29, 1.82) is 0 Å². The number of rotatable bonds is 11. The summed E-state index contributed by atoms with van der Waals surface area (Å²) in [5, 5.41) is 0. The highest BCUT2D eigenvalue weighted by molar-refractivity contribution is 6.13. The molecule has 0 fully saturated rings. The lowest BCUT2D eigenvalue weighted by molar-refractivity contribution is -0.167. The van der Waals surface area contributed by atoms with Crippen LogP contribution in [0.4, 0.5) is 0 Å². The first-order valence-electron chi connectivity index (χ1n) is 7.54. The zero-order valence-electron chi connectivity index (χ0n) is 14.6. The van der Waals surface area contributed by atoms with Gasteiger partial charge in [0.25, 0.3) is 0 Å². The Balaban J connectivity index is 4.45. The Bertz CT molecular complexity index is 265. The zero-order valence-corrected chi connectivity index (χ0v) is 14.6. The summed E-state index contributed by atoms with van der Waals surface area (Å²) in [5.41, 5.74) is 3.92. The monoisotopic (exact) mass is 301 g/mol. The Morgan fingerprint density at radius 1 is 0.952 bits per heavy atom. The minimum Gasteiger partial charge on any atom is -0.376 e. The van der Waals surface area contributed by atoms with Crippen molar-refractivity contribution < 1.29 is 18.9 Å². The molecule has 1 unspecified atom stereocenters. The van der Waals surface area contributed by atoms with E-state index in [0.717, 1.165) is 0 Å². The third-order valence-corrected chi connectivity index (χ3v) is 2.45. The average molecular weight is 301 g/mol. The van der Waals surface area contributed by atoms with Crippen LogP contribution in [0.15, 0.2) is 0 Å². The smallest absolute Gasteiger partial charge is 0.135 e. The summed E-state index contributed by atoms with van der Waals surface area (Å²) in [7, 11) is 5.62. The van der Waals surface area contributed by atoms with Crippen LogP contribution in [0.25, 0.3) is 0 Å². The molecule has 0 aliphatic rings. The predicted octanol–water partition coefficient (Wildman–Crippen LogP) is 1.82. The maximum Gasteiger partial charge on any atom is 0.135 e. The van der Waals surface area contributed by atoms with Gasteiger partial charge >= 0.3 is 0 Å². The molecule has 0 spiro atoms. The van der Waals surface area contributed by atoms with Crippen LogP contribution < -0.4 is 5.73 Å². The maximum atomic E-state index is 6.05. The zero-order chi connectivity index (χ0) is 16.7. The second-order valence-electron chi connectivity index (χ2n) is 6.74. The summed E-state index contributed by atoms with van der Waals surface area (Å²) in [6.45, 7) is 14.6. The van der Waals surface area contributed by atoms with Crippen molar-refractivity contribution in [3.8, 4) is 0 Å². The standard InChI is InChI=1S/C15H32BNO4/c1-11(2)18-8-13(9-19-12(3)4)21-14(5,6)10-20-15(7,16)17/h11-13H,8-10,17H2,1-7H3. The van der Waals surface area contributed by atoms with E-state index in [-0.39, 0.29) is 24.9 Å². The Kier molecular flexibility index (Phi) is 9.05. The lowest BCUT2D eigenvalue weighted by atomic mass is 9.94. The minimum atomic E-state index is -1.17. The molecule has 0 bridgehead atoms. The second-order valence-corrected chi connectivity index (χ2v) is 6.74. The van der Waals surface area contributed by atoms with E-state index in [1.807, 2.05) is 41.5 Å². The fourth-order valence-corrected chi connectivity index (χ4v) is 1.53. The van der Waals surface area contributed by atoms with Gasteiger partial charge in [-0.15, -0.1) is 0 Å². The molecule has 2 N–H and O–H groups in total. The molecule has 2 radical (unpaired) electrons. The van der Waals surface area contributed by atoms with Gasteiger partial charge in [-0.25, -0.2) is 0 Å². The number of hydrogen-bond donors (Lipinski definition) is 1. The summed E-state index contributed by atoms with van der Waals surface area (Å²) in [6, 6.07) is 0. The Hall–Kier alpha value is -0.135. The third kappa shape index (κ3) is 13.3. The van der Waals surface area contributed by atoms with Gasteiger partial charge in [-0.2, -0.15) is 0 Å². The number of ether oxygens (including phenoxy) is 4. The normalized spacial score (nSPS) is 16.0. The topological polar surface area (TPSA) is 62.9 Å². The predicted molar refractivity (Wildman–Crippen MR) is 85.4 cm³/mol. The van der Waals surface area contributed by atoms with Crippen molar-refractivity contribution in [2.45, 2.75) is 78.0 Å². The van der Waals surface area contributed by atoms with E-state index < -0.39 is 11.2 Å². The van der Waals surface area contributed by atoms with Gasteiger partial charge in [-0.1, -0.05) is 0 Å². The van der Waals surface area contributed by atoms with Gasteiger partial charge in [-0.3, -0.25) is 0 Å². The molecule has 0 aromatic rings. The van der Waals surface area contributed by atoms with Crippen LogP contribution in [-0.4, -0.2) is 57.2 Å². The van der Waals surface area contributed by atoms with Crippen molar-refractivity contribution >= 4 is 7.85 Å². The number of hydrogen-bond acceptors (Lipinski definition) is 5. The second kappa shape index (κ2) is 9.11. The quantitative estimate of drug-likeness (QED) is 0.466. The van der Waals surface area contributed by atoms with Crippen molar-refractivity contribution in [3.63, 3.8) is 0 Å². The van der Waals surface area contributed by atoms with Crippen LogP contribution >= 0.6 is 0 Å². The van der Waals surface area contributed by atoms with Gasteiger partial charge in [0, 0.05) is 0 Å². The van der Waals surface area contributed by atoms with Gasteiger partial charge in [0.05, 0.1) is 43.3 Å². The van der Waals surface area contributed by atoms with Crippen molar-refractivity contribution in [1.82, 2.24) is 0 Å². The molecule has 5 nitrogen and oxygen atoms in total. The van der Waals surface area contributed by atoms with E-state index in [4.69, 9.17) is 32.5 Å². The van der Waals surface area contributed by atoms with E-state index in [0.29, 0.717) is 13.2 Å². The molecule has 6 heteroatoms. The van der Waals surface area contributed by atoms with E-state index in [9.17, 15) is 0 Å². The molecule has 0 rings (SSSR count). The molecule has 0 aromatic heterocycles. The van der Waals surface area contributed by atoms with Gasteiger partial charge in [0.2, 0.25) is 0 Å². The van der Waals surface area contributed by atoms with E-state index in [1.165, 1.54) is 0 Å². The van der Waals surface area contributed by atoms with Crippen LogP contribution in [0.2, 0.25) is 0 Å². The largest absolute Gasteiger partial charge is 0.376 e. The summed E-state index contributed by atoms with van der Waals surface area (Å²) in [5.74, 6) is 0. The third-order valence-electron chi connectivity index (χ3n) is 2.45. The highest BCUT2D eigenvalue weighted by Crippen LogP contribution is 2.16. The van der Waals surface area contributed by atoms with Crippen molar-refractivity contribution in [2.75, 3.05) is 19.8 Å². The van der Waals surface area contributed by atoms with Gasteiger partial charge in [-0.05, 0) is 48.5 Å². The molecule has 0 heterocycles. The molecule has 0 aliphatic heterocycles. The molecule has 0 amide bonds. The highest BCUT2D eigenvalue weighted by Gasteiger charge is 2.27. The van der Waals surface area contributed by atoms with Crippen molar-refractivity contribution in [2.24, 2.45) is 5.73 Å². The summed E-state index contributed by atoms with van der Waals surface area (Å²) >= 11 is 0. The minimum absolute atomic E-state index is 0.144. The van der Waals surface area contributed by atoms with Crippen molar-refractivity contribution in [3.05, 3.63) is 0 Å². The van der Waals surface area contributed by atoms with Crippen LogP contribution in [-0.2, 0) is 18.9 Å². The van der Waals surface area contributed by atoms with E-state index in [1.54, 1.807) is 6.92 Å². The first kappa shape index (κ1) is 20.9. The molecule has 21 heavy (non-hydrogen) atoms. The first-order chi connectivity index (χ1) is 9.41. The fourth-order valence-electron chi connectivity index (χ4n) is 1.53. The van der Waals surface area contributed by atoms with Crippen LogP contribution in [0.5, 0.6) is 0 Å². The summed E-state index contributed by atoms with van der Waals surface area (Å²) in [6.07, 6.45) is 0.118. The molecule has 0 aromatic carbocycles. The first-order valence-corrected chi connectivity index (χ1v) is 7.54. The Labute approximate surface area is 131 Å². The Morgan fingerprint density at radius 2 is 1.38 bits per heavy atom. The van der Waals surface area contributed by atoms with Gasteiger partial charge < -0.3 is 24.7 Å². The molecular weight excluding hydrogens is 269 g/mol. The summed E-state index contributed by atoms with van der Waals surface area (Å²) < 4.78 is 22.7. The molecular formula is C15H32BNO4. The average Bonchev–Trinajstić information content (AvgIpc) is 2.29. The van der Waals surface area contributed by atoms with Crippen LogP contribution in [0.3, 0.4) is 0 Å². The summed E-state index contributed by atoms with van der Waals surface area (Å²) in [4.78, 5) is 0. The molecule has 124 valence electrons. The van der Waals surface area contributed by atoms with E-state index in [2.05, 4.69) is 0 Å². The molecule has 0 saturated carbocycles. The molecule has 0 aliphatic carbocycles. The molecule has 0 saturated heterocycles.